The van der Waals surface area contributed by atoms with Crippen LogP contribution < -0.4 is 0 Å². The Bertz CT molecular complexity index is 745. The Labute approximate surface area is 316 Å². The Kier molecular flexibility index (Phi) is 38.4. The molecule has 0 aromatic heterocycles. The van der Waals surface area contributed by atoms with Crippen LogP contribution in [-0.2, 0) is 22.9 Å². The molecule has 0 amide bonds. The predicted octanol–water partition coefficient (Wildman–Crippen LogP) is 14.2. The lowest BCUT2D eigenvalue weighted by molar-refractivity contribution is -0.145. The number of rotatable bonds is 40. The zero-order valence-corrected chi connectivity index (χ0v) is 35.2. The molecule has 0 spiro atoms. The molecule has 0 aliphatic heterocycles. The Balaban J connectivity index is 4.19. The number of unbranched alkanes of at least 4 members (excludes halogenated alkanes) is 29. The van der Waals surface area contributed by atoms with Crippen molar-refractivity contribution in [2.24, 2.45) is 0 Å². The fourth-order valence-corrected chi connectivity index (χ4v) is 9.24. The summed E-state index contributed by atoms with van der Waals surface area (Å²) in [5.74, 6) is 0.0592. The normalized spacial score (nSPS) is 11.5. The minimum Gasteiger partial charge on any atom is -0.464 e. The van der Waals surface area contributed by atoms with Gasteiger partial charge in [0.1, 0.15) is 5.40 Å². The fraction of sp³-hybridized carbons (Fsp3) is 0.929. The van der Waals surface area contributed by atoms with Crippen LogP contribution in [0.2, 0.25) is 6.04 Å². The van der Waals surface area contributed by atoms with Crippen LogP contribution in [0.4, 0.5) is 0 Å². The molecule has 0 aliphatic carbocycles. The summed E-state index contributed by atoms with van der Waals surface area (Å²) in [5, 5.41) is 10.9. The van der Waals surface area contributed by atoms with Crippen LogP contribution in [0.25, 0.3) is 0 Å². The number of carbonyl (C=O) groups is 2. The lowest BCUT2D eigenvalue weighted by Gasteiger charge is -2.27. The van der Waals surface area contributed by atoms with Crippen LogP contribution in [0, 0.1) is 10.7 Å². The highest BCUT2D eigenvalue weighted by Gasteiger charge is 2.47. The standard InChI is InChI=1S/C42H81NO5SSi/c1-4-6-8-10-12-14-16-18-20-22-24-26-28-30-32-36-41(44)47-50(46-3,39-35-34-38-49-40-43)48-42(45)37-33-31-29-27-25-23-21-19-17-15-13-11-9-7-5-2/h4-39H2,1-3H3. The van der Waals surface area contributed by atoms with Crippen molar-refractivity contribution >= 4 is 32.5 Å². The molecule has 0 saturated heterocycles. The molecule has 0 aliphatic rings. The van der Waals surface area contributed by atoms with Gasteiger partial charge in [0.15, 0.2) is 0 Å². The Morgan fingerprint density at radius 1 is 0.480 bits per heavy atom. The van der Waals surface area contributed by atoms with Crippen molar-refractivity contribution in [2.75, 3.05) is 12.9 Å². The first-order chi connectivity index (χ1) is 24.5. The second kappa shape index (κ2) is 39.2. The van der Waals surface area contributed by atoms with E-state index < -0.39 is 8.80 Å². The first-order valence-electron chi connectivity index (χ1n) is 21.5. The van der Waals surface area contributed by atoms with Gasteiger partial charge in [-0.05, 0) is 37.4 Å². The first kappa shape index (κ1) is 49.0. The van der Waals surface area contributed by atoms with E-state index in [0.717, 1.165) is 44.9 Å². The quantitative estimate of drug-likeness (QED) is 0.0351. The molecular weight excluding hydrogens is 659 g/mol. The van der Waals surface area contributed by atoms with Gasteiger partial charge in [0, 0.05) is 31.7 Å². The monoisotopic (exact) mass is 740 g/mol. The highest BCUT2D eigenvalue weighted by molar-refractivity contribution is 8.03. The van der Waals surface area contributed by atoms with Crippen molar-refractivity contribution in [1.82, 2.24) is 0 Å². The smallest absolute Gasteiger partial charge is 0.464 e. The Hall–Kier alpha value is -1.04. The van der Waals surface area contributed by atoms with Crippen molar-refractivity contribution in [2.45, 2.75) is 238 Å². The number of hydrogen-bond acceptors (Lipinski definition) is 7. The molecule has 0 unspecified atom stereocenters. The zero-order chi connectivity index (χ0) is 36.6. The highest BCUT2D eigenvalue weighted by atomic mass is 32.2. The van der Waals surface area contributed by atoms with E-state index in [1.807, 2.05) is 0 Å². The van der Waals surface area contributed by atoms with Crippen molar-refractivity contribution in [1.29, 1.82) is 5.26 Å². The molecule has 0 radical (unpaired) electrons. The van der Waals surface area contributed by atoms with E-state index in [1.54, 1.807) is 0 Å². The van der Waals surface area contributed by atoms with Crippen LogP contribution in [0.15, 0.2) is 0 Å². The summed E-state index contributed by atoms with van der Waals surface area (Å²) in [6.07, 6.45) is 40.5. The van der Waals surface area contributed by atoms with Gasteiger partial charge in [0.05, 0.1) is 0 Å². The van der Waals surface area contributed by atoms with E-state index in [1.165, 1.54) is 173 Å². The van der Waals surface area contributed by atoms with Crippen LogP contribution >= 0.6 is 11.8 Å². The van der Waals surface area contributed by atoms with E-state index in [4.69, 9.17) is 18.5 Å². The average Bonchev–Trinajstić information content (AvgIpc) is 3.11. The number of thioether (sulfide) groups is 1. The number of hydrogen-bond donors (Lipinski definition) is 0. The van der Waals surface area contributed by atoms with Gasteiger partial charge < -0.3 is 13.3 Å². The van der Waals surface area contributed by atoms with E-state index in [9.17, 15) is 9.59 Å². The third kappa shape index (κ3) is 34.1. The van der Waals surface area contributed by atoms with Crippen molar-refractivity contribution in [3.05, 3.63) is 0 Å². The molecule has 0 aromatic rings. The van der Waals surface area contributed by atoms with Crippen LogP contribution in [0.1, 0.15) is 232 Å². The third-order valence-electron chi connectivity index (χ3n) is 9.86. The lowest BCUT2D eigenvalue weighted by Crippen LogP contribution is -2.48. The third-order valence-corrected chi connectivity index (χ3v) is 13.1. The largest absolute Gasteiger partial charge is 0.635 e. The van der Waals surface area contributed by atoms with Crippen molar-refractivity contribution < 1.29 is 22.9 Å². The molecule has 0 bridgehead atoms. The molecule has 0 N–H and O–H groups in total. The number of nitriles is 1. The molecule has 50 heavy (non-hydrogen) atoms. The Morgan fingerprint density at radius 3 is 1.06 bits per heavy atom. The highest BCUT2D eigenvalue weighted by Crippen LogP contribution is 2.23. The van der Waals surface area contributed by atoms with Crippen LogP contribution in [0.3, 0.4) is 0 Å². The van der Waals surface area contributed by atoms with E-state index in [2.05, 4.69) is 19.2 Å². The van der Waals surface area contributed by atoms with Gasteiger partial charge in [-0.1, -0.05) is 194 Å². The van der Waals surface area contributed by atoms with Crippen LogP contribution in [-0.4, -0.2) is 33.6 Å². The minimum atomic E-state index is -3.47. The number of carbonyl (C=O) groups excluding carboxylic acids is 2. The summed E-state index contributed by atoms with van der Waals surface area (Å²) in [4.78, 5) is 25.7. The maximum atomic E-state index is 12.9. The van der Waals surface area contributed by atoms with Gasteiger partial charge in [-0.15, -0.1) is 0 Å². The summed E-state index contributed by atoms with van der Waals surface area (Å²) in [5.41, 5.74) is 0. The number of nitrogens with zero attached hydrogens (tertiary/aromatic N) is 1. The molecular formula is C42H81NO5SSi. The zero-order valence-electron chi connectivity index (χ0n) is 33.4. The topological polar surface area (TPSA) is 85.6 Å². The summed E-state index contributed by atoms with van der Waals surface area (Å²) in [6.45, 7) is 4.54. The molecule has 0 heterocycles. The first-order valence-corrected chi connectivity index (χ1v) is 24.4. The van der Waals surface area contributed by atoms with Gasteiger partial charge in [-0.2, -0.15) is 5.26 Å². The fourth-order valence-electron chi connectivity index (χ4n) is 6.60. The number of thiocyanates is 1. The van der Waals surface area contributed by atoms with E-state index in [0.29, 0.717) is 31.1 Å². The SMILES string of the molecule is CCCCCCCCCCCCCCCCCC(=O)O[Si](CCCCSC#N)(OC)OC(=O)CCCCCCCCCCCCCCCCC. The molecule has 6 nitrogen and oxygen atoms in total. The van der Waals surface area contributed by atoms with Gasteiger partial charge >= 0.3 is 8.80 Å². The second-order valence-corrected chi connectivity index (χ2v) is 18.2. The molecule has 0 atom stereocenters. The summed E-state index contributed by atoms with van der Waals surface area (Å²) >= 11 is 1.21. The molecule has 0 aromatic carbocycles. The molecule has 0 rings (SSSR count). The van der Waals surface area contributed by atoms with E-state index in [-0.39, 0.29) is 11.9 Å². The summed E-state index contributed by atoms with van der Waals surface area (Å²) in [6, 6.07) is 0.407. The van der Waals surface area contributed by atoms with Gasteiger partial charge in [0.25, 0.3) is 11.9 Å². The minimum absolute atomic E-state index is 0.320. The van der Waals surface area contributed by atoms with Crippen molar-refractivity contribution in [3.8, 4) is 5.40 Å². The Morgan fingerprint density at radius 2 is 0.780 bits per heavy atom. The van der Waals surface area contributed by atoms with Gasteiger partial charge in [-0.25, -0.2) is 0 Å². The van der Waals surface area contributed by atoms with Crippen LogP contribution in [0.5, 0.6) is 0 Å². The molecule has 0 fully saturated rings. The van der Waals surface area contributed by atoms with Gasteiger partial charge in [0.2, 0.25) is 0 Å². The summed E-state index contributed by atoms with van der Waals surface area (Å²) < 4.78 is 17.5. The predicted molar refractivity (Wildman–Crippen MR) is 216 cm³/mol. The van der Waals surface area contributed by atoms with E-state index >= 15 is 0 Å². The lowest BCUT2D eigenvalue weighted by atomic mass is 10.0. The van der Waals surface area contributed by atoms with Crippen molar-refractivity contribution in [3.63, 3.8) is 0 Å². The average molecular weight is 740 g/mol. The molecule has 8 heteroatoms. The van der Waals surface area contributed by atoms with Gasteiger partial charge in [-0.3, -0.25) is 9.59 Å². The summed E-state index contributed by atoms with van der Waals surface area (Å²) in [7, 11) is -1.97. The molecule has 0 saturated carbocycles. The maximum Gasteiger partial charge on any atom is 0.635 e. The second-order valence-electron chi connectivity index (χ2n) is 14.6. The molecule has 294 valence electrons. The maximum absolute atomic E-state index is 12.9.